The van der Waals surface area contributed by atoms with E-state index in [4.69, 9.17) is 12.2 Å². The highest BCUT2D eigenvalue weighted by molar-refractivity contribution is 7.80. The van der Waals surface area contributed by atoms with Crippen molar-refractivity contribution in [3.63, 3.8) is 0 Å². The normalized spacial score (nSPS) is 23.9. The summed E-state index contributed by atoms with van der Waals surface area (Å²) >= 11 is 5.45. The molecule has 19 heavy (non-hydrogen) atoms. The van der Waals surface area contributed by atoms with Crippen LogP contribution in [-0.2, 0) is 0 Å². The summed E-state index contributed by atoms with van der Waals surface area (Å²) in [5.41, 5.74) is 1.33. The zero-order chi connectivity index (χ0) is 13.1. The minimum atomic E-state index is 0.354. The van der Waals surface area contributed by atoms with Crippen molar-refractivity contribution in [3.05, 3.63) is 35.9 Å². The SMILES string of the molecule is S=C1NC(c2ccccc2)CN1CCN1CCCC1. The Labute approximate surface area is 120 Å². The topological polar surface area (TPSA) is 18.5 Å². The molecule has 1 unspecified atom stereocenters. The molecule has 0 amide bonds. The van der Waals surface area contributed by atoms with Crippen LogP contribution in [0.25, 0.3) is 0 Å². The van der Waals surface area contributed by atoms with Gasteiger partial charge in [0, 0.05) is 19.6 Å². The Hall–Kier alpha value is -1.13. The molecule has 0 bridgehead atoms. The number of nitrogens with zero attached hydrogens (tertiary/aromatic N) is 2. The molecule has 2 fully saturated rings. The molecule has 2 heterocycles. The third kappa shape index (κ3) is 3.07. The number of thiocarbonyl (C=S) groups is 1. The zero-order valence-corrected chi connectivity index (χ0v) is 12.0. The molecule has 1 aromatic carbocycles. The standard InChI is InChI=1S/C15H21N3S/c19-15-16-14(13-6-2-1-3-7-13)12-18(15)11-10-17-8-4-5-9-17/h1-3,6-7,14H,4-5,8-12H2,(H,16,19). The number of nitrogens with one attached hydrogen (secondary N) is 1. The van der Waals surface area contributed by atoms with Crippen molar-refractivity contribution in [1.82, 2.24) is 15.1 Å². The van der Waals surface area contributed by atoms with Crippen LogP contribution in [0.3, 0.4) is 0 Å². The lowest BCUT2D eigenvalue weighted by molar-refractivity contribution is 0.297. The van der Waals surface area contributed by atoms with Gasteiger partial charge in [0.15, 0.2) is 5.11 Å². The number of rotatable bonds is 4. The molecular formula is C15H21N3S. The monoisotopic (exact) mass is 275 g/mol. The second kappa shape index (κ2) is 5.88. The molecule has 0 aromatic heterocycles. The van der Waals surface area contributed by atoms with E-state index in [1.165, 1.54) is 31.5 Å². The molecule has 0 aliphatic carbocycles. The van der Waals surface area contributed by atoms with Crippen LogP contribution in [0.5, 0.6) is 0 Å². The van der Waals surface area contributed by atoms with Gasteiger partial charge in [-0.05, 0) is 43.7 Å². The van der Waals surface area contributed by atoms with Crippen LogP contribution in [0, 0.1) is 0 Å². The van der Waals surface area contributed by atoms with E-state index in [2.05, 4.69) is 45.4 Å². The summed E-state index contributed by atoms with van der Waals surface area (Å²) in [5, 5.41) is 4.34. The predicted molar refractivity (Wildman–Crippen MR) is 82.2 cm³/mol. The van der Waals surface area contributed by atoms with E-state index in [-0.39, 0.29) is 0 Å². The van der Waals surface area contributed by atoms with Crippen molar-refractivity contribution in [2.45, 2.75) is 18.9 Å². The highest BCUT2D eigenvalue weighted by Gasteiger charge is 2.26. The molecule has 102 valence electrons. The Morgan fingerprint density at radius 2 is 1.84 bits per heavy atom. The third-order valence-corrected chi connectivity index (χ3v) is 4.45. The lowest BCUT2D eigenvalue weighted by Gasteiger charge is -2.21. The molecule has 3 rings (SSSR count). The average Bonchev–Trinajstić information content (AvgIpc) is 3.07. The number of hydrogen-bond acceptors (Lipinski definition) is 2. The molecule has 1 N–H and O–H groups in total. The summed E-state index contributed by atoms with van der Waals surface area (Å²) < 4.78 is 0. The molecule has 2 aliphatic heterocycles. The van der Waals surface area contributed by atoms with Crippen LogP contribution in [0.15, 0.2) is 30.3 Å². The average molecular weight is 275 g/mol. The minimum Gasteiger partial charge on any atom is -0.354 e. The molecule has 1 aromatic rings. The van der Waals surface area contributed by atoms with Gasteiger partial charge in [0.25, 0.3) is 0 Å². The largest absolute Gasteiger partial charge is 0.354 e. The molecule has 0 saturated carbocycles. The van der Waals surface area contributed by atoms with Crippen LogP contribution >= 0.6 is 12.2 Å². The van der Waals surface area contributed by atoms with Crippen LogP contribution in [0.1, 0.15) is 24.4 Å². The summed E-state index contributed by atoms with van der Waals surface area (Å²) in [7, 11) is 0. The minimum absolute atomic E-state index is 0.354. The predicted octanol–water partition coefficient (Wildman–Crippen LogP) is 2.01. The smallest absolute Gasteiger partial charge is 0.169 e. The van der Waals surface area contributed by atoms with Gasteiger partial charge in [-0.15, -0.1) is 0 Å². The summed E-state index contributed by atoms with van der Waals surface area (Å²) in [6.07, 6.45) is 2.71. The molecule has 0 spiro atoms. The van der Waals surface area contributed by atoms with Crippen molar-refractivity contribution in [1.29, 1.82) is 0 Å². The fraction of sp³-hybridized carbons (Fsp3) is 0.533. The van der Waals surface area contributed by atoms with E-state index in [0.717, 1.165) is 24.7 Å². The van der Waals surface area contributed by atoms with E-state index in [1.54, 1.807) is 0 Å². The lowest BCUT2D eigenvalue weighted by Crippen LogP contribution is -2.35. The van der Waals surface area contributed by atoms with Crippen LogP contribution in [-0.4, -0.2) is 47.6 Å². The zero-order valence-electron chi connectivity index (χ0n) is 11.2. The maximum Gasteiger partial charge on any atom is 0.169 e. The Balaban J connectivity index is 1.54. The first-order valence-electron chi connectivity index (χ1n) is 7.16. The molecule has 0 radical (unpaired) electrons. The third-order valence-electron chi connectivity index (χ3n) is 4.07. The first kappa shape index (κ1) is 12.9. The fourth-order valence-corrected chi connectivity index (χ4v) is 3.23. The second-order valence-electron chi connectivity index (χ2n) is 5.41. The van der Waals surface area contributed by atoms with E-state index in [9.17, 15) is 0 Å². The van der Waals surface area contributed by atoms with Crippen LogP contribution in [0.2, 0.25) is 0 Å². The summed E-state index contributed by atoms with van der Waals surface area (Å²) in [6.45, 7) is 5.71. The number of likely N-dealkylation sites (tertiary alicyclic amines) is 1. The van der Waals surface area contributed by atoms with Gasteiger partial charge in [0.2, 0.25) is 0 Å². The van der Waals surface area contributed by atoms with Gasteiger partial charge >= 0.3 is 0 Å². The van der Waals surface area contributed by atoms with Gasteiger partial charge in [-0.3, -0.25) is 0 Å². The van der Waals surface area contributed by atoms with Gasteiger partial charge < -0.3 is 15.1 Å². The molecular weight excluding hydrogens is 254 g/mol. The Kier molecular flexibility index (Phi) is 3.99. The van der Waals surface area contributed by atoms with Crippen molar-refractivity contribution < 1.29 is 0 Å². The molecule has 2 saturated heterocycles. The lowest BCUT2D eigenvalue weighted by atomic mass is 10.1. The summed E-state index contributed by atoms with van der Waals surface area (Å²) in [6, 6.07) is 10.9. The van der Waals surface area contributed by atoms with Crippen LogP contribution in [0.4, 0.5) is 0 Å². The Morgan fingerprint density at radius 3 is 2.58 bits per heavy atom. The van der Waals surface area contributed by atoms with Crippen LogP contribution < -0.4 is 5.32 Å². The summed E-state index contributed by atoms with van der Waals surface area (Å²) in [4.78, 5) is 4.85. The maximum absolute atomic E-state index is 5.45. The number of benzene rings is 1. The van der Waals surface area contributed by atoms with Gasteiger partial charge in [-0.25, -0.2) is 0 Å². The van der Waals surface area contributed by atoms with Gasteiger partial charge in [-0.2, -0.15) is 0 Å². The molecule has 4 heteroatoms. The highest BCUT2D eigenvalue weighted by Crippen LogP contribution is 2.20. The van der Waals surface area contributed by atoms with E-state index in [0.29, 0.717) is 6.04 Å². The maximum atomic E-state index is 5.45. The van der Waals surface area contributed by atoms with Gasteiger partial charge in [0.05, 0.1) is 6.04 Å². The van der Waals surface area contributed by atoms with E-state index >= 15 is 0 Å². The van der Waals surface area contributed by atoms with Crippen molar-refractivity contribution in [2.75, 3.05) is 32.7 Å². The Morgan fingerprint density at radius 1 is 1.11 bits per heavy atom. The molecule has 3 nitrogen and oxygen atoms in total. The Bertz CT molecular complexity index is 428. The van der Waals surface area contributed by atoms with Gasteiger partial charge in [0.1, 0.15) is 0 Å². The van der Waals surface area contributed by atoms with Gasteiger partial charge in [-0.1, -0.05) is 30.3 Å². The highest BCUT2D eigenvalue weighted by atomic mass is 32.1. The number of hydrogen-bond donors (Lipinski definition) is 1. The second-order valence-corrected chi connectivity index (χ2v) is 5.79. The quantitative estimate of drug-likeness (QED) is 0.847. The summed E-state index contributed by atoms with van der Waals surface area (Å²) in [5.74, 6) is 0. The molecule has 2 aliphatic rings. The van der Waals surface area contributed by atoms with E-state index in [1.807, 2.05) is 0 Å². The molecule has 1 atom stereocenters. The van der Waals surface area contributed by atoms with Crippen molar-refractivity contribution in [3.8, 4) is 0 Å². The van der Waals surface area contributed by atoms with Crippen molar-refractivity contribution in [2.24, 2.45) is 0 Å². The van der Waals surface area contributed by atoms with Crippen molar-refractivity contribution >= 4 is 17.3 Å². The van der Waals surface area contributed by atoms with E-state index < -0.39 is 0 Å². The fourth-order valence-electron chi connectivity index (χ4n) is 2.92. The first-order chi connectivity index (χ1) is 9.33. The first-order valence-corrected chi connectivity index (χ1v) is 7.56.